The quantitative estimate of drug-likeness (QED) is 0.136. The van der Waals surface area contributed by atoms with Crippen LogP contribution in [0.15, 0.2) is 9.79 Å². The van der Waals surface area contributed by atoms with Crippen molar-refractivity contribution in [2.24, 2.45) is 22.2 Å². The molecule has 0 fully saturated rings. The highest BCUT2D eigenvalue weighted by Gasteiger charge is 2.17. The maximum absolute atomic E-state index is 11.8. The summed E-state index contributed by atoms with van der Waals surface area (Å²) in [5.74, 6) is -2.35. The molecule has 0 aromatic carbocycles. The average Bonchev–Trinajstić information content (AvgIpc) is 2.76. The fourth-order valence-corrected chi connectivity index (χ4v) is 1.81. The Kier molecular flexibility index (Phi) is 6.79. The molecule has 10 N–H and O–H groups in total. The van der Waals surface area contributed by atoms with Crippen LogP contribution in [0, 0.1) is 0 Å². The highest BCUT2D eigenvalue weighted by Crippen LogP contribution is 2.14. The predicted molar refractivity (Wildman–Crippen MR) is 84.3 cm³/mol. The molecule has 1 aromatic heterocycles. The molecule has 0 saturated heterocycles. The van der Waals surface area contributed by atoms with E-state index in [1.807, 2.05) is 0 Å². The molecule has 12 nitrogen and oxygen atoms in total. The Balaban J connectivity index is 2.63. The summed E-state index contributed by atoms with van der Waals surface area (Å²) in [4.78, 5) is 40.2. The van der Waals surface area contributed by atoms with Crippen molar-refractivity contribution in [3.63, 3.8) is 0 Å². The number of carboxylic acids is 1. The lowest BCUT2D eigenvalue weighted by Crippen LogP contribution is -2.43. The van der Waals surface area contributed by atoms with E-state index in [1.165, 1.54) is 0 Å². The zero-order chi connectivity index (χ0) is 18.3. The first-order valence-corrected chi connectivity index (χ1v) is 7.03. The lowest BCUT2D eigenvalue weighted by atomic mass is 10.2. The number of imidazole rings is 1. The highest BCUT2D eigenvalue weighted by atomic mass is 16.4. The number of aromatic amines is 1. The van der Waals surface area contributed by atoms with Crippen molar-refractivity contribution in [3.8, 4) is 5.88 Å². The molecule has 12 heteroatoms. The van der Waals surface area contributed by atoms with Gasteiger partial charge in [0.2, 0.25) is 11.8 Å². The Hall–Kier alpha value is -3.02. The second-order valence-electron chi connectivity index (χ2n) is 4.98. The topological polar surface area (TPSA) is 215 Å². The third kappa shape index (κ3) is 5.64. The molecule has 1 heterocycles. The van der Waals surface area contributed by atoms with Crippen LogP contribution in [0.4, 0.5) is 0 Å². The van der Waals surface area contributed by atoms with E-state index in [0.717, 1.165) is 4.57 Å². The summed E-state index contributed by atoms with van der Waals surface area (Å²) in [7, 11) is 0. The highest BCUT2D eigenvalue weighted by molar-refractivity contribution is 5.78. The van der Waals surface area contributed by atoms with E-state index < -0.39 is 30.2 Å². The summed E-state index contributed by atoms with van der Waals surface area (Å²) in [6.45, 7) is -0.441. The predicted octanol–water partition coefficient (Wildman–Crippen LogP) is -3.38. The fourth-order valence-electron chi connectivity index (χ4n) is 1.81. The molecule has 1 unspecified atom stereocenters. The first-order valence-electron chi connectivity index (χ1n) is 7.03. The van der Waals surface area contributed by atoms with Gasteiger partial charge >= 0.3 is 11.7 Å². The number of aliphatic carboxylic acids is 1. The number of H-pyrrole nitrogens is 1. The van der Waals surface area contributed by atoms with Crippen molar-refractivity contribution < 1.29 is 19.8 Å². The Labute approximate surface area is 136 Å². The zero-order valence-electron chi connectivity index (χ0n) is 12.9. The molecule has 1 aromatic rings. The minimum Gasteiger partial charge on any atom is -0.493 e. The Morgan fingerprint density at radius 2 is 2.04 bits per heavy atom. The number of guanidine groups is 1. The summed E-state index contributed by atoms with van der Waals surface area (Å²) < 4.78 is 0.831. The molecule has 0 aliphatic heterocycles. The second-order valence-corrected chi connectivity index (χ2v) is 4.98. The maximum atomic E-state index is 11.8. The van der Waals surface area contributed by atoms with Crippen LogP contribution in [0.5, 0.6) is 5.88 Å². The second kappa shape index (κ2) is 8.57. The standard InChI is InChI=1S/C12H21N7O5/c13-6(10(22)23)4-17-8(20)5-19-9(21)7(18-12(19)24)2-1-3-16-11(14)15/h6,21H,1-5,13H2,(H,17,20)(H,18,24)(H,22,23)(H4,14,15,16). The number of nitrogens with zero attached hydrogens (tertiary/aromatic N) is 2. The van der Waals surface area contributed by atoms with Gasteiger partial charge in [0, 0.05) is 13.1 Å². The maximum Gasteiger partial charge on any atom is 0.329 e. The van der Waals surface area contributed by atoms with Gasteiger partial charge in [0.25, 0.3) is 0 Å². The molecule has 1 atom stereocenters. The molecule has 0 saturated carbocycles. The van der Waals surface area contributed by atoms with E-state index in [1.54, 1.807) is 0 Å². The minimum absolute atomic E-state index is 0.0541. The van der Waals surface area contributed by atoms with Crippen molar-refractivity contribution in [1.82, 2.24) is 14.9 Å². The van der Waals surface area contributed by atoms with E-state index in [9.17, 15) is 19.5 Å². The van der Waals surface area contributed by atoms with Crippen LogP contribution in [0.1, 0.15) is 12.1 Å². The normalized spacial score (nSPS) is 11.7. The molecule has 0 aliphatic carbocycles. The molecule has 24 heavy (non-hydrogen) atoms. The van der Waals surface area contributed by atoms with Gasteiger partial charge in [-0.15, -0.1) is 0 Å². The number of nitrogens with two attached hydrogens (primary N) is 3. The molecular weight excluding hydrogens is 322 g/mol. The molecule has 0 spiro atoms. The van der Waals surface area contributed by atoms with Crippen LogP contribution in [-0.4, -0.2) is 56.7 Å². The minimum atomic E-state index is -1.26. The summed E-state index contributed by atoms with van der Waals surface area (Å²) in [6, 6.07) is -1.25. The van der Waals surface area contributed by atoms with Gasteiger partial charge in [-0.1, -0.05) is 0 Å². The number of nitrogens with one attached hydrogen (secondary N) is 2. The summed E-state index contributed by atoms with van der Waals surface area (Å²) in [6.07, 6.45) is 0.779. The lowest BCUT2D eigenvalue weighted by Gasteiger charge is -2.09. The third-order valence-electron chi connectivity index (χ3n) is 3.05. The fraction of sp³-hybridized carbons (Fsp3) is 0.500. The molecule has 0 radical (unpaired) electrons. The van der Waals surface area contributed by atoms with Crippen molar-refractivity contribution in [2.75, 3.05) is 13.1 Å². The number of hydrogen-bond donors (Lipinski definition) is 7. The number of aromatic nitrogens is 2. The van der Waals surface area contributed by atoms with Crippen molar-refractivity contribution in [2.45, 2.75) is 25.4 Å². The van der Waals surface area contributed by atoms with Crippen LogP contribution < -0.4 is 28.2 Å². The number of rotatable bonds is 9. The number of amides is 1. The van der Waals surface area contributed by atoms with Crippen LogP contribution in [0.25, 0.3) is 0 Å². The molecule has 0 aliphatic rings. The average molecular weight is 343 g/mol. The summed E-state index contributed by atoms with van der Waals surface area (Å²) in [5, 5.41) is 20.9. The molecule has 1 amide bonds. The van der Waals surface area contributed by atoms with Crippen LogP contribution in [-0.2, 0) is 22.6 Å². The Morgan fingerprint density at radius 1 is 1.38 bits per heavy atom. The monoisotopic (exact) mass is 343 g/mol. The van der Waals surface area contributed by atoms with E-state index in [0.29, 0.717) is 19.4 Å². The summed E-state index contributed by atoms with van der Waals surface area (Å²) >= 11 is 0. The molecule has 134 valence electrons. The summed E-state index contributed by atoms with van der Waals surface area (Å²) in [5.41, 5.74) is 15.2. The Bertz CT molecular complexity index is 674. The van der Waals surface area contributed by atoms with Gasteiger partial charge in [-0.3, -0.25) is 19.1 Å². The largest absolute Gasteiger partial charge is 0.493 e. The number of carbonyl (C=O) groups is 2. The zero-order valence-corrected chi connectivity index (χ0v) is 12.9. The van der Waals surface area contributed by atoms with Gasteiger partial charge in [-0.25, -0.2) is 4.79 Å². The number of hydrogen-bond acceptors (Lipinski definition) is 6. The van der Waals surface area contributed by atoms with Crippen molar-refractivity contribution in [3.05, 3.63) is 16.2 Å². The van der Waals surface area contributed by atoms with Gasteiger partial charge in [-0.05, 0) is 12.8 Å². The van der Waals surface area contributed by atoms with E-state index in [2.05, 4.69) is 15.3 Å². The van der Waals surface area contributed by atoms with E-state index >= 15 is 0 Å². The molecule has 0 bridgehead atoms. The number of aliphatic imine (C=N–C) groups is 1. The SMILES string of the molecule is NC(N)=NCCCc1[nH]c(=O)n(CC(=O)NCC(N)C(=O)O)c1O. The molecule has 1 rings (SSSR count). The lowest BCUT2D eigenvalue weighted by molar-refractivity contribution is -0.138. The van der Waals surface area contributed by atoms with E-state index in [4.69, 9.17) is 22.3 Å². The smallest absolute Gasteiger partial charge is 0.329 e. The first kappa shape index (κ1) is 19.0. The van der Waals surface area contributed by atoms with Crippen molar-refractivity contribution >= 4 is 17.8 Å². The van der Waals surface area contributed by atoms with Gasteiger partial charge in [0.1, 0.15) is 12.6 Å². The Morgan fingerprint density at radius 3 is 2.62 bits per heavy atom. The number of carbonyl (C=O) groups excluding carboxylic acids is 1. The van der Waals surface area contributed by atoms with Gasteiger partial charge < -0.3 is 37.7 Å². The number of carboxylic acid groups (broad SMARTS) is 1. The van der Waals surface area contributed by atoms with Gasteiger partial charge in [0.05, 0.1) is 5.69 Å². The van der Waals surface area contributed by atoms with Crippen LogP contribution in [0.2, 0.25) is 0 Å². The molecular formula is C12H21N7O5. The number of aryl methyl sites for hydroxylation is 1. The third-order valence-corrected chi connectivity index (χ3v) is 3.05. The van der Waals surface area contributed by atoms with Crippen molar-refractivity contribution in [1.29, 1.82) is 0 Å². The van der Waals surface area contributed by atoms with E-state index in [-0.39, 0.29) is 24.1 Å². The van der Waals surface area contributed by atoms with Gasteiger partial charge in [0.15, 0.2) is 5.96 Å². The van der Waals surface area contributed by atoms with Crippen LogP contribution in [0.3, 0.4) is 0 Å². The van der Waals surface area contributed by atoms with Crippen LogP contribution >= 0.6 is 0 Å². The van der Waals surface area contributed by atoms with Gasteiger partial charge in [-0.2, -0.15) is 0 Å². The first-order chi connectivity index (χ1) is 11.2. The number of aromatic hydroxyl groups is 1.